The zero-order chi connectivity index (χ0) is 23.3. The molecule has 3 atom stereocenters. The number of likely N-dealkylation sites (N-methyl/N-ethyl adjacent to an activating group) is 1. The lowest BCUT2D eigenvalue weighted by Gasteiger charge is -2.31. The molecule has 2 rings (SSSR count). The molecule has 0 aromatic heterocycles. The van der Waals surface area contributed by atoms with Crippen LogP contribution in [0, 0.1) is 5.92 Å². The summed E-state index contributed by atoms with van der Waals surface area (Å²) in [6.45, 7) is 5.70. The van der Waals surface area contributed by atoms with Gasteiger partial charge < -0.3 is 25.4 Å². The predicted molar refractivity (Wildman–Crippen MR) is 114 cm³/mol. The number of carboxylic acid groups (broad SMARTS) is 1. The quantitative estimate of drug-likeness (QED) is 0.639. The number of carbonyl (C=O) groups excluding carboxylic acids is 3. The number of amides is 3. The molecular weight excluding hydrogens is 426 g/mol. The second kappa shape index (κ2) is 10.5. The van der Waals surface area contributed by atoms with Gasteiger partial charge >= 0.3 is 5.97 Å². The van der Waals surface area contributed by atoms with E-state index in [2.05, 4.69) is 10.6 Å². The van der Waals surface area contributed by atoms with Crippen LogP contribution in [0.15, 0.2) is 18.2 Å². The third-order valence-electron chi connectivity index (χ3n) is 5.01. The highest BCUT2D eigenvalue weighted by Crippen LogP contribution is 2.24. The molecule has 1 aromatic rings. The first-order chi connectivity index (χ1) is 14.5. The number of carbonyl (C=O) groups is 4. The SMILES string of the molecule is CC(C)C[C@H]1NC(=O)C[C@@H](C(=O)O)NC(=O)c2cc(Cl)ccc2OC[C@@H](C)N(C)C1=O. The molecule has 9 nitrogen and oxygen atoms in total. The summed E-state index contributed by atoms with van der Waals surface area (Å²) < 4.78 is 5.77. The Kier molecular flexibility index (Phi) is 8.27. The Labute approximate surface area is 186 Å². The Morgan fingerprint density at radius 3 is 2.58 bits per heavy atom. The van der Waals surface area contributed by atoms with Gasteiger partial charge in [0.15, 0.2) is 0 Å². The van der Waals surface area contributed by atoms with Crippen LogP contribution in [-0.2, 0) is 14.4 Å². The summed E-state index contributed by atoms with van der Waals surface area (Å²) in [4.78, 5) is 51.5. The van der Waals surface area contributed by atoms with Gasteiger partial charge in [0.1, 0.15) is 24.4 Å². The molecule has 0 aliphatic carbocycles. The molecule has 170 valence electrons. The maximum absolute atomic E-state index is 13.0. The first-order valence-electron chi connectivity index (χ1n) is 10.0. The lowest BCUT2D eigenvalue weighted by atomic mass is 10.0. The van der Waals surface area contributed by atoms with Gasteiger partial charge in [0, 0.05) is 12.1 Å². The van der Waals surface area contributed by atoms with Gasteiger partial charge in [0.05, 0.1) is 18.0 Å². The van der Waals surface area contributed by atoms with E-state index in [1.54, 1.807) is 14.0 Å². The highest BCUT2D eigenvalue weighted by Gasteiger charge is 2.31. The molecule has 1 aromatic carbocycles. The zero-order valence-corrected chi connectivity index (χ0v) is 18.7. The molecule has 3 amide bonds. The Morgan fingerprint density at radius 1 is 1.29 bits per heavy atom. The number of carboxylic acids is 1. The van der Waals surface area contributed by atoms with E-state index >= 15 is 0 Å². The molecule has 0 fully saturated rings. The van der Waals surface area contributed by atoms with Crippen molar-refractivity contribution in [2.24, 2.45) is 5.92 Å². The van der Waals surface area contributed by atoms with Crippen molar-refractivity contribution in [3.05, 3.63) is 28.8 Å². The number of ether oxygens (including phenoxy) is 1. The third kappa shape index (κ3) is 6.58. The van der Waals surface area contributed by atoms with Crippen molar-refractivity contribution in [1.82, 2.24) is 15.5 Å². The van der Waals surface area contributed by atoms with E-state index in [1.807, 2.05) is 13.8 Å². The fourth-order valence-electron chi connectivity index (χ4n) is 3.16. The largest absolute Gasteiger partial charge is 0.491 e. The standard InChI is InChI=1S/C21H28ClN3O6/c1-11(2)7-15-20(28)25(4)12(3)10-31-17-6-5-13(22)8-14(17)19(27)24-16(21(29)30)9-18(26)23-15/h5-6,8,11-12,15-16H,7,9-10H2,1-4H3,(H,23,26)(H,24,27)(H,29,30)/t12-,15-,16+/m1/s1. The number of benzene rings is 1. The van der Waals surface area contributed by atoms with Crippen molar-refractivity contribution < 1.29 is 29.0 Å². The van der Waals surface area contributed by atoms with Crippen LogP contribution < -0.4 is 15.4 Å². The highest BCUT2D eigenvalue weighted by atomic mass is 35.5. The summed E-state index contributed by atoms with van der Waals surface area (Å²) in [5, 5.41) is 14.7. The lowest BCUT2D eigenvalue weighted by Crippen LogP contribution is -2.53. The second-order valence-electron chi connectivity index (χ2n) is 8.07. The fraction of sp³-hybridized carbons (Fsp3) is 0.524. The molecule has 0 saturated heterocycles. The average molecular weight is 454 g/mol. The minimum Gasteiger partial charge on any atom is -0.491 e. The van der Waals surface area contributed by atoms with Crippen LogP contribution in [-0.4, -0.2) is 65.5 Å². The molecule has 0 saturated carbocycles. The Hall–Kier alpha value is -2.81. The molecule has 3 N–H and O–H groups in total. The van der Waals surface area contributed by atoms with E-state index in [9.17, 15) is 24.3 Å². The summed E-state index contributed by atoms with van der Waals surface area (Å²) in [5.74, 6) is -2.75. The molecule has 1 aliphatic rings. The summed E-state index contributed by atoms with van der Waals surface area (Å²) >= 11 is 6.00. The van der Waals surface area contributed by atoms with E-state index in [0.717, 1.165) is 0 Å². The topological polar surface area (TPSA) is 125 Å². The molecule has 0 spiro atoms. The van der Waals surface area contributed by atoms with Crippen molar-refractivity contribution in [2.45, 2.75) is 51.7 Å². The van der Waals surface area contributed by atoms with E-state index in [0.29, 0.717) is 6.42 Å². The van der Waals surface area contributed by atoms with Gasteiger partial charge in [0.25, 0.3) is 5.91 Å². The molecule has 10 heteroatoms. The van der Waals surface area contributed by atoms with Crippen LogP contribution in [0.2, 0.25) is 5.02 Å². The molecular formula is C21H28ClN3O6. The van der Waals surface area contributed by atoms with Crippen LogP contribution in [0.3, 0.4) is 0 Å². The number of halogens is 1. The maximum Gasteiger partial charge on any atom is 0.326 e. The van der Waals surface area contributed by atoms with Crippen LogP contribution in [0.1, 0.15) is 44.0 Å². The molecule has 1 heterocycles. The summed E-state index contributed by atoms with van der Waals surface area (Å²) in [5.41, 5.74) is 0.0371. The van der Waals surface area contributed by atoms with Gasteiger partial charge in [-0.3, -0.25) is 14.4 Å². The van der Waals surface area contributed by atoms with Gasteiger partial charge in [-0.25, -0.2) is 4.79 Å². The lowest BCUT2D eigenvalue weighted by molar-refractivity contribution is -0.142. The van der Waals surface area contributed by atoms with Gasteiger partial charge in [-0.15, -0.1) is 0 Å². The fourth-order valence-corrected chi connectivity index (χ4v) is 3.33. The van der Waals surface area contributed by atoms with Crippen molar-refractivity contribution >= 4 is 35.3 Å². The van der Waals surface area contributed by atoms with Crippen molar-refractivity contribution in [1.29, 1.82) is 0 Å². The number of hydrogen-bond donors (Lipinski definition) is 3. The van der Waals surface area contributed by atoms with Crippen LogP contribution in [0.25, 0.3) is 0 Å². The minimum absolute atomic E-state index is 0.0371. The third-order valence-corrected chi connectivity index (χ3v) is 5.24. The average Bonchev–Trinajstić information content (AvgIpc) is 2.69. The molecule has 0 bridgehead atoms. The number of rotatable bonds is 3. The number of nitrogens with one attached hydrogen (secondary N) is 2. The monoisotopic (exact) mass is 453 g/mol. The second-order valence-corrected chi connectivity index (χ2v) is 8.50. The Morgan fingerprint density at radius 2 is 1.97 bits per heavy atom. The molecule has 31 heavy (non-hydrogen) atoms. The summed E-state index contributed by atoms with van der Waals surface area (Å²) in [6.07, 6.45) is -0.146. The predicted octanol–water partition coefficient (Wildman–Crippen LogP) is 1.68. The Balaban J connectivity index is 2.44. The van der Waals surface area contributed by atoms with Gasteiger partial charge in [-0.05, 0) is 37.5 Å². The Bertz CT molecular complexity index is 860. The summed E-state index contributed by atoms with van der Waals surface area (Å²) in [6, 6.07) is 1.72. The maximum atomic E-state index is 13.0. The first kappa shape index (κ1) is 24.5. The molecule has 1 aliphatic heterocycles. The number of hydrogen-bond acceptors (Lipinski definition) is 5. The minimum atomic E-state index is -1.49. The number of aliphatic carboxylic acids is 1. The van der Waals surface area contributed by atoms with Crippen LogP contribution in [0.5, 0.6) is 5.75 Å². The van der Waals surface area contributed by atoms with Crippen molar-refractivity contribution in [3.63, 3.8) is 0 Å². The van der Waals surface area contributed by atoms with E-state index in [4.69, 9.17) is 16.3 Å². The van der Waals surface area contributed by atoms with Crippen molar-refractivity contribution in [2.75, 3.05) is 13.7 Å². The van der Waals surface area contributed by atoms with Gasteiger partial charge in [-0.2, -0.15) is 0 Å². The van der Waals surface area contributed by atoms with E-state index in [-0.39, 0.29) is 40.8 Å². The first-order valence-corrected chi connectivity index (χ1v) is 10.4. The van der Waals surface area contributed by atoms with E-state index < -0.39 is 36.3 Å². The van der Waals surface area contributed by atoms with Crippen LogP contribution in [0.4, 0.5) is 0 Å². The van der Waals surface area contributed by atoms with Crippen LogP contribution >= 0.6 is 11.6 Å². The number of nitrogens with zero attached hydrogens (tertiary/aromatic N) is 1. The van der Waals surface area contributed by atoms with E-state index in [1.165, 1.54) is 23.1 Å². The smallest absolute Gasteiger partial charge is 0.326 e. The zero-order valence-electron chi connectivity index (χ0n) is 18.0. The van der Waals surface area contributed by atoms with Gasteiger partial charge in [-0.1, -0.05) is 25.4 Å². The highest BCUT2D eigenvalue weighted by molar-refractivity contribution is 6.31. The number of fused-ring (bicyclic) bond motifs is 1. The normalized spacial score (nSPS) is 23.4. The van der Waals surface area contributed by atoms with Crippen molar-refractivity contribution in [3.8, 4) is 5.75 Å². The summed E-state index contributed by atoms with van der Waals surface area (Å²) in [7, 11) is 1.61. The van der Waals surface area contributed by atoms with Gasteiger partial charge in [0.2, 0.25) is 11.8 Å². The molecule has 0 radical (unpaired) electrons. The molecule has 0 unspecified atom stereocenters.